The van der Waals surface area contributed by atoms with Crippen LogP contribution in [0, 0.1) is 24.2 Å². The Bertz CT molecular complexity index is 1610. The van der Waals surface area contributed by atoms with Gasteiger partial charge < -0.3 is 9.16 Å². The van der Waals surface area contributed by atoms with Gasteiger partial charge in [-0.1, -0.05) is 88.1 Å². The molecule has 8 heteroatoms. The molecule has 1 fully saturated rings. The molecular formula is C38H53NO5SSi. The molecule has 2 aromatic carbocycles. The number of rotatable bonds is 9. The summed E-state index contributed by atoms with van der Waals surface area (Å²) in [7, 11) is -6.54. The zero-order valence-corrected chi connectivity index (χ0v) is 31.1. The van der Waals surface area contributed by atoms with Crippen LogP contribution < -0.4 is 0 Å². The van der Waals surface area contributed by atoms with E-state index in [4.69, 9.17) is 9.16 Å². The van der Waals surface area contributed by atoms with Crippen LogP contribution >= 0.6 is 0 Å². The summed E-state index contributed by atoms with van der Waals surface area (Å²) in [5.41, 5.74) is 1.38. The van der Waals surface area contributed by atoms with E-state index in [1.54, 1.807) is 16.4 Å². The third-order valence-electron chi connectivity index (χ3n) is 10.4. The number of fused-ring (bicyclic) bond motifs is 1. The van der Waals surface area contributed by atoms with E-state index in [2.05, 4.69) is 39.9 Å². The van der Waals surface area contributed by atoms with Gasteiger partial charge in [0.1, 0.15) is 5.60 Å². The van der Waals surface area contributed by atoms with Crippen molar-refractivity contribution in [3.8, 4) is 0 Å². The molecule has 0 saturated heterocycles. The molecule has 2 atom stereocenters. The van der Waals surface area contributed by atoms with E-state index in [0.29, 0.717) is 17.9 Å². The van der Waals surface area contributed by atoms with Crippen molar-refractivity contribution < 1.29 is 22.4 Å². The van der Waals surface area contributed by atoms with Crippen molar-refractivity contribution in [1.29, 1.82) is 0 Å². The number of allylic oxidation sites excluding steroid dienone is 2. The first kappa shape index (κ1) is 34.5. The SMILES string of the molecule is Cc1ccc(S(=O)(=O)N(Cc2ccccc2)C2=C(C3CCCCC3)[C@@H]3CC=C(O[Si](C)(C)C(C)(C)C)[C@]23C(=O)OC(C)(C)C)cc1. The second-order valence-corrected chi connectivity index (χ2v) is 22.6. The number of hydrogen-bond donors (Lipinski definition) is 0. The summed E-state index contributed by atoms with van der Waals surface area (Å²) in [5.74, 6) is 0.160. The Morgan fingerprint density at radius 1 is 0.935 bits per heavy atom. The highest BCUT2D eigenvalue weighted by atomic mass is 32.2. The Labute approximate surface area is 278 Å². The molecule has 5 rings (SSSR count). The lowest BCUT2D eigenvalue weighted by Crippen LogP contribution is -2.59. The monoisotopic (exact) mass is 663 g/mol. The first-order valence-electron chi connectivity index (χ1n) is 16.9. The average molecular weight is 664 g/mol. The number of carbonyl (C=O) groups is 1. The van der Waals surface area contributed by atoms with Crippen LogP contribution in [0.25, 0.3) is 0 Å². The maximum Gasteiger partial charge on any atom is 0.327 e. The molecule has 250 valence electrons. The van der Waals surface area contributed by atoms with Gasteiger partial charge in [-0.25, -0.2) is 8.42 Å². The van der Waals surface area contributed by atoms with Crippen molar-refractivity contribution in [3.05, 3.63) is 88.8 Å². The standard InChI is InChI=1S/C38H53NO5SSi/c1-27-20-22-30(23-21-27)45(41,42)39(26-28-16-12-10-13-17-28)34-33(29-18-14-11-15-19-29)31-24-25-32(44-46(8,9)37(5,6)7)38(31,34)35(40)43-36(2,3)4/h10,12-13,16-17,20-23,25,29,31H,11,14-15,18-19,24,26H2,1-9H3/t31-,38-/m0/s1. The number of carbonyl (C=O) groups excluding carboxylic acids is 1. The highest BCUT2D eigenvalue weighted by molar-refractivity contribution is 7.89. The van der Waals surface area contributed by atoms with E-state index in [9.17, 15) is 13.2 Å². The highest BCUT2D eigenvalue weighted by Crippen LogP contribution is 2.67. The summed E-state index contributed by atoms with van der Waals surface area (Å²) >= 11 is 0. The summed E-state index contributed by atoms with van der Waals surface area (Å²) in [6.45, 7) is 18.6. The Balaban J connectivity index is 1.79. The predicted molar refractivity (Wildman–Crippen MR) is 187 cm³/mol. The molecule has 0 spiro atoms. The fourth-order valence-electron chi connectivity index (χ4n) is 7.04. The van der Waals surface area contributed by atoms with Crippen LogP contribution in [-0.4, -0.2) is 32.6 Å². The van der Waals surface area contributed by atoms with Crippen molar-refractivity contribution >= 4 is 24.3 Å². The molecule has 0 N–H and O–H groups in total. The van der Waals surface area contributed by atoms with Gasteiger partial charge in [0.25, 0.3) is 10.0 Å². The number of esters is 1. The molecule has 0 aromatic heterocycles. The van der Waals surface area contributed by atoms with E-state index >= 15 is 0 Å². The fraction of sp³-hybridized carbons (Fsp3) is 0.553. The van der Waals surface area contributed by atoms with Crippen molar-refractivity contribution in [2.75, 3.05) is 0 Å². The molecule has 1 saturated carbocycles. The molecule has 3 aliphatic carbocycles. The van der Waals surface area contributed by atoms with Crippen LogP contribution in [0.3, 0.4) is 0 Å². The number of nitrogens with zero attached hydrogens (tertiary/aromatic N) is 1. The van der Waals surface area contributed by atoms with Crippen LogP contribution in [0.5, 0.6) is 0 Å². The van der Waals surface area contributed by atoms with Crippen LogP contribution in [0.1, 0.15) is 91.2 Å². The van der Waals surface area contributed by atoms with Gasteiger partial charge in [-0.2, -0.15) is 0 Å². The zero-order valence-electron chi connectivity index (χ0n) is 29.3. The molecule has 0 bridgehead atoms. The van der Waals surface area contributed by atoms with Gasteiger partial charge in [0.15, 0.2) is 5.41 Å². The quantitative estimate of drug-likeness (QED) is 0.198. The number of ether oxygens (including phenoxy) is 1. The van der Waals surface area contributed by atoms with Crippen LogP contribution in [0.2, 0.25) is 18.1 Å². The summed E-state index contributed by atoms with van der Waals surface area (Å²) in [5, 5.41) is -0.126. The number of benzene rings is 2. The largest absolute Gasteiger partial charge is 0.545 e. The number of hydrogen-bond acceptors (Lipinski definition) is 5. The molecule has 2 aromatic rings. The number of sulfonamides is 1. The Morgan fingerprint density at radius 3 is 2.11 bits per heavy atom. The fourth-order valence-corrected chi connectivity index (χ4v) is 9.69. The van der Waals surface area contributed by atoms with Gasteiger partial charge >= 0.3 is 5.97 Å². The first-order valence-corrected chi connectivity index (χ1v) is 21.3. The third-order valence-corrected chi connectivity index (χ3v) is 16.5. The average Bonchev–Trinajstić information content (AvgIpc) is 3.25. The minimum absolute atomic E-state index is 0.104. The normalized spacial score (nSPS) is 22.5. The van der Waals surface area contributed by atoms with E-state index in [0.717, 1.165) is 42.4 Å². The van der Waals surface area contributed by atoms with E-state index < -0.39 is 35.3 Å². The topological polar surface area (TPSA) is 72.9 Å². The maximum atomic E-state index is 15.0. The van der Waals surface area contributed by atoms with Crippen molar-refractivity contribution in [2.45, 2.75) is 122 Å². The van der Waals surface area contributed by atoms with Crippen LogP contribution in [0.4, 0.5) is 0 Å². The molecular weight excluding hydrogens is 611 g/mol. The second kappa shape index (κ2) is 12.3. The van der Waals surface area contributed by atoms with Gasteiger partial charge in [-0.15, -0.1) is 0 Å². The number of aryl methyl sites for hydroxylation is 1. The summed E-state index contributed by atoms with van der Waals surface area (Å²) < 4.78 is 44.9. The maximum absolute atomic E-state index is 15.0. The van der Waals surface area contributed by atoms with Crippen molar-refractivity contribution in [1.82, 2.24) is 4.31 Å². The predicted octanol–water partition coefficient (Wildman–Crippen LogP) is 9.29. The van der Waals surface area contributed by atoms with E-state index in [-0.39, 0.29) is 28.3 Å². The molecule has 0 heterocycles. The Morgan fingerprint density at radius 2 is 1.54 bits per heavy atom. The minimum Gasteiger partial charge on any atom is -0.545 e. The first-order chi connectivity index (χ1) is 21.4. The summed E-state index contributed by atoms with van der Waals surface area (Å²) in [6.07, 6.45) is 8.04. The second-order valence-electron chi connectivity index (χ2n) is 16.0. The molecule has 46 heavy (non-hydrogen) atoms. The van der Waals surface area contributed by atoms with Crippen LogP contribution in [-0.2, 0) is 30.5 Å². The minimum atomic E-state index is -4.10. The summed E-state index contributed by atoms with van der Waals surface area (Å²) in [4.78, 5) is 15.1. The van der Waals surface area contributed by atoms with E-state index in [1.807, 2.05) is 70.2 Å². The van der Waals surface area contributed by atoms with Gasteiger partial charge in [0.05, 0.1) is 22.9 Å². The Hall–Kier alpha value is -2.84. The molecule has 0 radical (unpaired) electrons. The van der Waals surface area contributed by atoms with Crippen molar-refractivity contribution in [3.63, 3.8) is 0 Å². The van der Waals surface area contributed by atoms with Gasteiger partial charge in [-0.3, -0.25) is 9.10 Å². The van der Waals surface area contributed by atoms with Gasteiger partial charge in [-0.05, 0) is 100 Å². The summed E-state index contributed by atoms with van der Waals surface area (Å²) in [6, 6.07) is 16.7. The van der Waals surface area contributed by atoms with Gasteiger partial charge in [0, 0.05) is 5.92 Å². The Kier molecular flexibility index (Phi) is 9.23. The molecule has 6 nitrogen and oxygen atoms in total. The lowest BCUT2D eigenvalue weighted by Gasteiger charge is -2.55. The zero-order chi connectivity index (χ0) is 33.7. The van der Waals surface area contributed by atoms with Crippen molar-refractivity contribution in [2.24, 2.45) is 17.3 Å². The van der Waals surface area contributed by atoms with Crippen LogP contribution in [0.15, 0.2) is 82.6 Å². The smallest absolute Gasteiger partial charge is 0.327 e. The lowest BCUT2D eigenvalue weighted by molar-refractivity contribution is -0.169. The highest BCUT2D eigenvalue weighted by Gasteiger charge is 2.70. The third kappa shape index (κ3) is 6.24. The molecule has 0 aliphatic heterocycles. The lowest BCUT2D eigenvalue weighted by atomic mass is 9.55. The van der Waals surface area contributed by atoms with E-state index in [1.165, 1.54) is 6.42 Å². The molecule has 3 aliphatic rings. The molecule has 0 unspecified atom stereocenters. The molecule has 0 amide bonds. The van der Waals surface area contributed by atoms with Gasteiger partial charge in [0.2, 0.25) is 8.32 Å².